The van der Waals surface area contributed by atoms with E-state index in [4.69, 9.17) is 0 Å². The zero-order chi connectivity index (χ0) is 25.7. The van der Waals surface area contributed by atoms with Crippen molar-refractivity contribution in [1.29, 1.82) is 0 Å². The minimum Gasteiger partial charge on any atom is -0.382 e. The highest BCUT2D eigenvalue weighted by Gasteiger charge is 2.25. The molecule has 0 atom stereocenters. The molecule has 0 bridgehead atoms. The molecule has 3 amide bonds. The van der Waals surface area contributed by atoms with Gasteiger partial charge in [0.1, 0.15) is 5.82 Å². The predicted octanol–water partition coefficient (Wildman–Crippen LogP) is 5.00. The molecule has 4 rings (SSSR count). The van der Waals surface area contributed by atoms with Gasteiger partial charge in [0.15, 0.2) is 0 Å². The smallest absolute Gasteiger partial charge is 0.315 e. The maximum absolute atomic E-state index is 13.2. The van der Waals surface area contributed by atoms with Crippen molar-refractivity contribution in [2.24, 2.45) is 0 Å². The molecule has 10 heteroatoms. The second-order valence-corrected chi connectivity index (χ2v) is 10.8. The van der Waals surface area contributed by atoms with E-state index in [-0.39, 0.29) is 36.1 Å². The first-order valence-corrected chi connectivity index (χ1v) is 13.4. The number of anilines is 3. The van der Waals surface area contributed by atoms with E-state index in [1.807, 2.05) is 57.5 Å². The number of thiazole rings is 1. The Kier molecular flexibility index (Phi) is 8.25. The summed E-state index contributed by atoms with van der Waals surface area (Å²) in [5.41, 5.74) is 4.97. The van der Waals surface area contributed by atoms with Gasteiger partial charge in [-0.15, -0.1) is 11.3 Å². The number of urea groups is 1. The summed E-state index contributed by atoms with van der Waals surface area (Å²) in [6.45, 7) is 7.95. The molecule has 5 N–H and O–H groups in total. The van der Waals surface area contributed by atoms with Gasteiger partial charge in [-0.25, -0.2) is 14.8 Å². The van der Waals surface area contributed by atoms with Crippen molar-refractivity contribution in [3.8, 4) is 0 Å². The van der Waals surface area contributed by atoms with Crippen LogP contribution >= 0.6 is 11.3 Å². The van der Waals surface area contributed by atoms with Crippen LogP contribution in [0.2, 0.25) is 0 Å². The third-order valence-electron chi connectivity index (χ3n) is 6.01. The number of amides is 3. The van der Waals surface area contributed by atoms with Crippen LogP contribution in [0, 0.1) is 0 Å². The van der Waals surface area contributed by atoms with E-state index in [1.165, 1.54) is 0 Å². The standard InChI is InChI=1S/C26H35N7O2S/c1-15(2)29-22-12-24(31-19-9-10-21-23(11-19)36-14-28-21)27-13-20(22)25(34)32-17-5-7-18(8-6-17)33-26(35)30-16(3)4/h9-18H,5-8H2,1-4H3,(H,32,34)(H2,27,29,31)(H2,30,33,35)/t17-,18-. The molecule has 1 aliphatic carbocycles. The molecule has 36 heavy (non-hydrogen) atoms. The Labute approximate surface area is 215 Å². The SMILES string of the molecule is CC(C)NC(=O)N[C@H]1CC[C@H](NC(=O)c2cnc(Nc3ccc4ncsc4c3)cc2NC(C)C)CC1. The topological polar surface area (TPSA) is 120 Å². The normalized spacial score (nSPS) is 17.7. The average Bonchev–Trinajstić information content (AvgIpc) is 3.27. The molecule has 2 heterocycles. The van der Waals surface area contributed by atoms with Crippen LogP contribution in [-0.2, 0) is 0 Å². The maximum Gasteiger partial charge on any atom is 0.315 e. The summed E-state index contributed by atoms with van der Waals surface area (Å²) >= 11 is 1.59. The van der Waals surface area contributed by atoms with E-state index in [1.54, 1.807) is 17.5 Å². The predicted molar refractivity (Wildman–Crippen MR) is 146 cm³/mol. The Bertz CT molecular complexity index is 1200. The number of benzene rings is 1. The third kappa shape index (κ3) is 6.84. The van der Waals surface area contributed by atoms with Crippen LogP contribution in [0.1, 0.15) is 63.7 Å². The van der Waals surface area contributed by atoms with Gasteiger partial charge in [-0.2, -0.15) is 0 Å². The molecule has 1 aliphatic rings. The molecule has 0 spiro atoms. The lowest BCUT2D eigenvalue weighted by molar-refractivity contribution is 0.0924. The largest absolute Gasteiger partial charge is 0.382 e. The van der Waals surface area contributed by atoms with Crippen molar-refractivity contribution >= 4 is 50.7 Å². The lowest BCUT2D eigenvalue weighted by Crippen LogP contribution is -2.48. The van der Waals surface area contributed by atoms with Gasteiger partial charge in [0, 0.05) is 42.1 Å². The monoisotopic (exact) mass is 509 g/mol. The second kappa shape index (κ2) is 11.6. The van der Waals surface area contributed by atoms with E-state index in [9.17, 15) is 9.59 Å². The number of carbonyl (C=O) groups is 2. The number of hydrogen-bond donors (Lipinski definition) is 5. The molecule has 9 nitrogen and oxygen atoms in total. The van der Waals surface area contributed by atoms with Crippen LogP contribution in [-0.4, -0.2) is 46.1 Å². The van der Waals surface area contributed by atoms with Gasteiger partial charge in [0.05, 0.1) is 27.0 Å². The van der Waals surface area contributed by atoms with Crippen molar-refractivity contribution in [2.45, 2.75) is 77.5 Å². The second-order valence-electron chi connectivity index (χ2n) is 9.87. The highest BCUT2D eigenvalue weighted by molar-refractivity contribution is 7.16. The van der Waals surface area contributed by atoms with Gasteiger partial charge < -0.3 is 26.6 Å². The Morgan fingerprint density at radius 1 is 0.944 bits per heavy atom. The molecule has 192 valence electrons. The van der Waals surface area contributed by atoms with Crippen LogP contribution in [0.25, 0.3) is 10.2 Å². The fourth-order valence-corrected chi connectivity index (χ4v) is 5.07. The van der Waals surface area contributed by atoms with Gasteiger partial charge >= 0.3 is 6.03 Å². The van der Waals surface area contributed by atoms with Crippen molar-refractivity contribution in [3.05, 3.63) is 41.5 Å². The Balaban J connectivity index is 1.39. The maximum atomic E-state index is 13.2. The molecule has 0 radical (unpaired) electrons. The molecule has 1 aromatic carbocycles. The van der Waals surface area contributed by atoms with Crippen LogP contribution < -0.4 is 26.6 Å². The third-order valence-corrected chi connectivity index (χ3v) is 6.81. The van der Waals surface area contributed by atoms with Gasteiger partial charge in [-0.3, -0.25) is 4.79 Å². The zero-order valence-corrected chi connectivity index (χ0v) is 22.0. The number of pyridine rings is 1. The fraction of sp³-hybridized carbons (Fsp3) is 0.462. The van der Waals surface area contributed by atoms with Crippen molar-refractivity contribution < 1.29 is 9.59 Å². The van der Waals surface area contributed by atoms with Crippen LogP contribution in [0.15, 0.2) is 36.0 Å². The molecule has 1 saturated carbocycles. The van der Waals surface area contributed by atoms with E-state index in [0.29, 0.717) is 11.4 Å². The molecule has 3 aromatic rings. The first kappa shape index (κ1) is 25.7. The van der Waals surface area contributed by atoms with Gasteiger partial charge in [-0.1, -0.05) is 0 Å². The minimum atomic E-state index is -0.141. The number of aromatic nitrogens is 2. The van der Waals surface area contributed by atoms with Crippen LogP contribution in [0.5, 0.6) is 0 Å². The lowest BCUT2D eigenvalue weighted by Gasteiger charge is -2.30. The summed E-state index contributed by atoms with van der Waals surface area (Å²) in [6, 6.07) is 8.19. The number of nitrogens with one attached hydrogen (secondary N) is 5. The molecule has 0 saturated heterocycles. The van der Waals surface area contributed by atoms with Crippen molar-refractivity contribution in [3.63, 3.8) is 0 Å². The van der Waals surface area contributed by atoms with Crippen LogP contribution in [0.3, 0.4) is 0 Å². The van der Waals surface area contributed by atoms with E-state index >= 15 is 0 Å². The van der Waals surface area contributed by atoms with Crippen LogP contribution in [0.4, 0.5) is 22.0 Å². The highest BCUT2D eigenvalue weighted by Crippen LogP contribution is 2.27. The molecule has 2 aromatic heterocycles. The van der Waals surface area contributed by atoms with Crippen molar-refractivity contribution in [2.75, 3.05) is 10.6 Å². The summed E-state index contributed by atoms with van der Waals surface area (Å²) in [5, 5.41) is 15.8. The summed E-state index contributed by atoms with van der Waals surface area (Å²) < 4.78 is 1.10. The minimum absolute atomic E-state index is 0.0690. The van der Waals surface area contributed by atoms with Crippen molar-refractivity contribution in [1.82, 2.24) is 25.9 Å². The number of carbonyl (C=O) groups excluding carboxylic acids is 2. The lowest BCUT2D eigenvalue weighted by atomic mass is 9.91. The summed E-state index contributed by atoms with van der Waals surface area (Å²) in [5.74, 6) is 0.516. The Morgan fingerprint density at radius 2 is 1.67 bits per heavy atom. The number of nitrogens with zero attached hydrogens (tertiary/aromatic N) is 2. The molecule has 0 aliphatic heterocycles. The Hall–Kier alpha value is -3.40. The molecular weight excluding hydrogens is 474 g/mol. The Morgan fingerprint density at radius 3 is 2.36 bits per heavy atom. The number of fused-ring (bicyclic) bond motifs is 1. The summed E-state index contributed by atoms with van der Waals surface area (Å²) in [4.78, 5) is 34.0. The zero-order valence-electron chi connectivity index (χ0n) is 21.2. The summed E-state index contributed by atoms with van der Waals surface area (Å²) in [7, 11) is 0. The average molecular weight is 510 g/mol. The van der Waals surface area contributed by atoms with E-state index in [0.717, 1.165) is 47.3 Å². The molecule has 0 unspecified atom stereocenters. The number of rotatable bonds is 8. The summed E-state index contributed by atoms with van der Waals surface area (Å²) in [6.07, 6.45) is 4.92. The fourth-order valence-electron chi connectivity index (χ4n) is 4.35. The van der Waals surface area contributed by atoms with Gasteiger partial charge in [0.2, 0.25) is 0 Å². The first-order valence-electron chi connectivity index (χ1n) is 12.5. The first-order chi connectivity index (χ1) is 17.3. The van der Waals surface area contributed by atoms with Gasteiger partial charge in [0.25, 0.3) is 5.91 Å². The molecular formula is C26H35N7O2S. The molecule has 1 fully saturated rings. The van der Waals surface area contributed by atoms with E-state index < -0.39 is 0 Å². The van der Waals surface area contributed by atoms with E-state index in [2.05, 4.69) is 36.6 Å². The van der Waals surface area contributed by atoms with Gasteiger partial charge in [-0.05, 0) is 71.6 Å². The number of hydrogen-bond acceptors (Lipinski definition) is 7. The quantitative estimate of drug-likeness (QED) is 0.291. The highest BCUT2D eigenvalue weighted by atomic mass is 32.1.